The lowest BCUT2D eigenvalue weighted by molar-refractivity contribution is -0.380. The normalized spacial score (nSPS) is 10.9. The Morgan fingerprint density at radius 2 is 2.00 bits per heavy atom. The second-order valence-corrected chi connectivity index (χ2v) is 8.05. The number of thiophene rings is 1. The molecule has 0 saturated heterocycles. The number of H-pyrrole nitrogens is 1. The average Bonchev–Trinajstić information content (AvgIpc) is 3.49. The quantitative estimate of drug-likeness (QED) is 0.179. The predicted molar refractivity (Wildman–Crippen MR) is 121 cm³/mol. The summed E-state index contributed by atoms with van der Waals surface area (Å²) < 4.78 is 5.13. The number of aryl methyl sites for hydroxylation is 1. The van der Waals surface area contributed by atoms with Crippen LogP contribution in [0.15, 0.2) is 45.7 Å². The zero-order valence-electron chi connectivity index (χ0n) is 17.2. The van der Waals surface area contributed by atoms with Gasteiger partial charge in [-0.25, -0.2) is 5.10 Å². The first kappa shape index (κ1) is 22.1. The minimum absolute atomic E-state index is 0.00487. The van der Waals surface area contributed by atoms with Crippen molar-refractivity contribution < 1.29 is 14.2 Å². The van der Waals surface area contributed by atoms with E-state index in [1.54, 1.807) is 18.2 Å². The van der Waals surface area contributed by atoms with Crippen LogP contribution in [0.4, 0.5) is 10.8 Å². The summed E-state index contributed by atoms with van der Waals surface area (Å²) in [6.45, 7) is 1.02. The highest BCUT2D eigenvalue weighted by Crippen LogP contribution is 2.30. The van der Waals surface area contributed by atoms with E-state index in [1.165, 1.54) is 6.07 Å². The van der Waals surface area contributed by atoms with Crippen molar-refractivity contribution in [3.63, 3.8) is 0 Å². The van der Waals surface area contributed by atoms with Gasteiger partial charge in [0.1, 0.15) is 0 Å². The highest BCUT2D eigenvalue weighted by Gasteiger charge is 2.16. The number of aromatic amines is 1. The number of hydrogen-bond acceptors (Lipinski definition) is 10. The molecule has 33 heavy (non-hydrogen) atoms. The van der Waals surface area contributed by atoms with Gasteiger partial charge >= 0.3 is 5.00 Å². The molecule has 0 spiro atoms. The van der Waals surface area contributed by atoms with Crippen molar-refractivity contribution >= 4 is 38.8 Å². The molecule has 0 radical (unpaired) electrons. The van der Waals surface area contributed by atoms with E-state index in [0.717, 1.165) is 16.7 Å². The molecule has 1 amide bonds. The summed E-state index contributed by atoms with van der Waals surface area (Å²) >= 11 is 0.956. The number of nitrogens with one attached hydrogen (secondary N) is 3. The minimum atomic E-state index is -0.478. The number of nitrogens with zero attached hydrogens (tertiary/aromatic N) is 4. The van der Waals surface area contributed by atoms with Crippen molar-refractivity contribution in [2.45, 2.75) is 19.3 Å². The molecular formula is C20H19N7O5S. The predicted octanol–water partition coefficient (Wildman–Crippen LogP) is 2.49. The van der Waals surface area contributed by atoms with Crippen LogP contribution in [-0.4, -0.2) is 44.3 Å². The summed E-state index contributed by atoms with van der Waals surface area (Å²) in [5, 5.41) is 28.4. The Kier molecular flexibility index (Phi) is 6.69. The van der Waals surface area contributed by atoms with Gasteiger partial charge in [0.15, 0.2) is 5.82 Å². The van der Waals surface area contributed by atoms with Crippen LogP contribution >= 0.6 is 11.3 Å². The molecule has 1 aromatic carbocycles. The number of carbonyl (C=O) groups is 1. The average molecular weight is 469 g/mol. The summed E-state index contributed by atoms with van der Waals surface area (Å²) in [7, 11) is 0. The first-order chi connectivity index (χ1) is 16.0. The lowest BCUT2D eigenvalue weighted by Gasteiger charge is -2.08. The Hall–Kier alpha value is -4.13. The van der Waals surface area contributed by atoms with E-state index >= 15 is 0 Å². The molecule has 3 aromatic heterocycles. The van der Waals surface area contributed by atoms with Crippen LogP contribution in [0.25, 0.3) is 21.5 Å². The lowest BCUT2D eigenvalue weighted by Crippen LogP contribution is -2.26. The number of aromatic nitrogens is 4. The van der Waals surface area contributed by atoms with Crippen molar-refractivity contribution in [1.82, 2.24) is 25.7 Å². The number of benzene rings is 1. The first-order valence-electron chi connectivity index (χ1n) is 10.1. The molecule has 4 rings (SSSR count). The third-order valence-electron chi connectivity index (χ3n) is 4.69. The fourth-order valence-electron chi connectivity index (χ4n) is 3.08. The van der Waals surface area contributed by atoms with Crippen LogP contribution in [-0.2, 0) is 11.2 Å². The molecule has 170 valence electrons. The molecule has 13 heteroatoms. The van der Waals surface area contributed by atoms with Crippen molar-refractivity contribution in [3.8, 4) is 10.7 Å². The fraction of sp³-hybridized carbons (Fsp3) is 0.250. The van der Waals surface area contributed by atoms with Gasteiger partial charge in [-0.3, -0.25) is 19.7 Å². The molecule has 4 aromatic rings. The smallest absolute Gasteiger partial charge is 0.324 e. The Morgan fingerprint density at radius 1 is 1.18 bits per heavy atom. The first-order valence-corrected chi connectivity index (χ1v) is 10.9. The molecule has 0 fully saturated rings. The molecule has 0 saturated carbocycles. The van der Waals surface area contributed by atoms with Crippen LogP contribution in [0.5, 0.6) is 0 Å². The number of fused-ring (bicyclic) bond motifs is 1. The van der Waals surface area contributed by atoms with Gasteiger partial charge in [-0.15, -0.1) is 0 Å². The Labute approximate surface area is 190 Å². The van der Waals surface area contributed by atoms with Gasteiger partial charge in [-0.2, -0.15) is 10.1 Å². The molecule has 3 heterocycles. The number of carbonyl (C=O) groups excluding carboxylic acids is 1. The number of nitro groups is 1. The maximum Gasteiger partial charge on any atom is 0.324 e. The summed E-state index contributed by atoms with van der Waals surface area (Å²) in [4.78, 5) is 38.9. The molecule has 0 atom stereocenters. The summed E-state index contributed by atoms with van der Waals surface area (Å²) in [6.07, 6.45) is 1.09. The van der Waals surface area contributed by atoms with Crippen LogP contribution in [0.2, 0.25) is 0 Å². The van der Waals surface area contributed by atoms with E-state index in [1.807, 2.05) is 12.1 Å². The van der Waals surface area contributed by atoms with Crippen molar-refractivity contribution in [2.75, 3.05) is 18.4 Å². The Morgan fingerprint density at radius 3 is 2.79 bits per heavy atom. The molecular weight excluding hydrogens is 450 g/mol. The lowest BCUT2D eigenvalue weighted by atomic mass is 10.2. The maximum atomic E-state index is 12.1. The summed E-state index contributed by atoms with van der Waals surface area (Å²) in [5.41, 5.74) is -0.242. The van der Waals surface area contributed by atoms with E-state index < -0.39 is 4.92 Å². The number of rotatable bonds is 10. The second kappa shape index (κ2) is 9.99. The SMILES string of the molecule is O=C(CCc1nc(-c2ccc([N+](=O)[O-])s2)no1)NCCCNc1n[nH]c(=O)c2ccccc12. The molecule has 12 nitrogen and oxygen atoms in total. The van der Waals surface area contributed by atoms with Gasteiger partial charge < -0.3 is 15.2 Å². The Balaban J connectivity index is 1.19. The molecule has 0 aliphatic carbocycles. The van der Waals surface area contributed by atoms with E-state index in [-0.39, 0.29) is 41.0 Å². The standard InChI is InChI=1S/C20H19N7O5S/c28-15(7-8-16-23-19(26-32-16)14-6-9-17(33-14)27(30)31)21-10-3-11-22-18-12-4-1-2-5-13(12)20(29)25-24-18/h1-2,4-6,9H,3,7-8,10-11H2,(H,21,28)(H,22,24)(H,25,29). The van der Waals surface area contributed by atoms with Gasteiger partial charge in [-0.1, -0.05) is 34.7 Å². The number of hydrogen-bond donors (Lipinski definition) is 3. The summed E-state index contributed by atoms with van der Waals surface area (Å²) in [6, 6.07) is 10.1. The van der Waals surface area contributed by atoms with Crippen LogP contribution in [0, 0.1) is 10.1 Å². The highest BCUT2D eigenvalue weighted by molar-refractivity contribution is 7.18. The minimum Gasteiger partial charge on any atom is -0.368 e. The van der Waals surface area contributed by atoms with Crippen LogP contribution in [0.3, 0.4) is 0 Å². The number of anilines is 1. The molecule has 0 unspecified atom stereocenters. The maximum absolute atomic E-state index is 12.1. The third kappa shape index (κ3) is 5.38. The second-order valence-electron chi connectivity index (χ2n) is 6.98. The van der Waals surface area contributed by atoms with Crippen LogP contribution < -0.4 is 16.2 Å². The van der Waals surface area contributed by atoms with Gasteiger partial charge in [0.05, 0.1) is 15.2 Å². The Bertz CT molecular complexity index is 1350. The van der Waals surface area contributed by atoms with Gasteiger partial charge in [0.25, 0.3) is 5.56 Å². The van der Waals surface area contributed by atoms with Gasteiger partial charge in [0, 0.05) is 37.4 Å². The van der Waals surface area contributed by atoms with Crippen molar-refractivity contribution in [2.24, 2.45) is 0 Å². The van der Waals surface area contributed by atoms with Crippen molar-refractivity contribution in [3.05, 3.63) is 62.8 Å². The highest BCUT2D eigenvalue weighted by atomic mass is 32.1. The fourth-order valence-corrected chi connectivity index (χ4v) is 3.83. The zero-order valence-corrected chi connectivity index (χ0v) is 18.1. The molecule has 0 aliphatic heterocycles. The van der Waals surface area contributed by atoms with E-state index in [2.05, 4.69) is 31.0 Å². The summed E-state index contributed by atoms with van der Waals surface area (Å²) in [5.74, 6) is 0.973. The largest absolute Gasteiger partial charge is 0.368 e. The topological polar surface area (TPSA) is 169 Å². The third-order valence-corrected chi connectivity index (χ3v) is 5.72. The van der Waals surface area contributed by atoms with Gasteiger partial charge in [0.2, 0.25) is 17.6 Å². The van der Waals surface area contributed by atoms with Crippen LogP contribution in [0.1, 0.15) is 18.7 Å². The number of amides is 1. The van der Waals surface area contributed by atoms with Gasteiger partial charge in [-0.05, 0) is 18.6 Å². The van der Waals surface area contributed by atoms with E-state index in [9.17, 15) is 19.7 Å². The zero-order chi connectivity index (χ0) is 23.2. The monoisotopic (exact) mass is 469 g/mol. The molecule has 0 bridgehead atoms. The van der Waals surface area contributed by atoms with E-state index in [4.69, 9.17) is 4.52 Å². The molecule has 0 aliphatic rings. The van der Waals surface area contributed by atoms with E-state index in [0.29, 0.717) is 35.6 Å². The van der Waals surface area contributed by atoms with Crippen molar-refractivity contribution in [1.29, 1.82) is 0 Å². The molecule has 3 N–H and O–H groups in total.